The molecule has 0 heterocycles. The van der Waals surface area contributed by atoms with E-state index in [-0.39, 0.29) is 0 Å². The molecule has 0 aliphatic rings. The number of hydrogen-bond acceptors (Lipinski definition) is 1. The minimum atomic E-state index is 0.529. The van der Waals surface area contributed by atoms with E-state index in [0.29, 0.717) is 6.04 Å². The second-order valence-corrected chi connectivity index (χ2v) is 3.33. The number of benzene rings is 1. The molecule has 1 N–H and O–H groups in total. The fourth-order valence-corrected chi connectivity index (χ4v) is 1.50. The summed E-state index contributed by atoms with van der Waals surface area (Å²) in [5, 5.41) is 3.54. The first-order valence-electron chi connectivity index (χ1n) is 5.16. The Balaban J connectivity index is 2.56. The topological polar surface area (TPSA) is 12.0 Å². The van der Waals surface area contributed by atoms with E-state index >= 15 is 0 Å². The van der Waals surface area contributed by atoms with Gasteiger partial charge in [0.25, 0.3) is 0 Å². The molecule has 72 valence electrons. The van der Waals surface area contributed by atoms with Crippen LogP contribution in [-0.4, -0.2) is 6.54 Å². The molecule has 0 amide bonds. The monoisotopic (exact) mass is 177 g/mol. The Labute approximate surface area is 81.2 Å². The summed E-state index contributed by atoms with van der Waals surface area (Å²) in [6.45, 7) is 5.53. The highest BCUT2D eigenvalue weighted by atomic mass is 14.9. The van der Waals surface area contributed by atoms with Crippen molar-refractivity contribution in [1.29, 1.82) is 0 Å². The van der Waals surface area contributed by atoms with Gasteiger partial charge >= 0.3 is 0 Å². The molecule has 0 saturated heterocycles. The molecular weight excluding hydrogens is 158 g/mol. The summed E-state index contributed by atoms with van der Waals surface area (Å²) in [5.74, 6) is 0. The summed E-state index contributed by atoms with van der Waals surface area (Å²) >= 11 is 0. The predicted molar refractivity (Wildman–Crippen MR) is 57.8 cm³/mol. The van der Waals surface area contributed by atoms with Gasteiger partial charge in [0.2, 0.25) is 0 Å². The number of nitrogens with one attached hydrogen (secondary N) is 1. The van der Waals surface area contributed by atoms with Crippen LogP contribution in [0.15, 0.2) is 30.3 Å². The summed E-state index contributed by atoms with van der Waals surface area (Å²) in [6.07, 6.45) is 2.35. The lowest BCUT2D eigenvalue weighted by Gasteiger charge is -2.16. The van der Waals surface area contributed by atoms with E-state index in [1.807, 2.05) is 0 Å². The molecule has 0 spiro atoms. The molecule has 1 unspecified atom stereocenters. The van der Waals surface area contributed by atoms with Gasteiger partial charge in [0.15, 0.2) is 0 Å². The SMILES string of the molecule is CCCNC(CC)c1ccccc1. The third-order valence-electron chi connectivity index (χ3n) is 2.25. The molecule has 0 radical (unpaired) electrons. The van der Waals surface area contributed by atoms with Gasteiger partial charge in [-0.2, -0.15) is 0 Å². The first kappa shape index (κ1) is 10.3. The molecule has 1 aromatic rings. The third kappa shape index (κ3) is 3.19. The lowest BCUT2D eigenvalue weighted by molar-refractivity contribution is 0.518. The zero-order valence-electron chi connectivity index (χ0n) is 8.59. The molecular formula is C12H19N. The summed E-state index contributed by atoms with van der Waals surface area (Å²) < 4.78 is 0. The van der Waals surface area contributed by atoms with Crippen molar-refractivity contribution >= 4 is 0 Å². The van der Waals surface area contributed by atoms with Crippen LogP contribution in [-0.2, 0) is 0 Å². The van der Waals surface area contributed by atoms with Gasteiger partial charge in [-0.3, -0.25) is 0 Å². The van der Waals surface area contributed by atoms with E-state index in [4.69, 9.17) is 0 Å². The first-order valence-corrected chi connectivity index (χ1v) is 5.16. The molecule has 0 fully saturated rings. The van der Waals surface area contributed by atoms with Gasteiger partial charge in [0.05, 0.1) is 0 Å². The molecule has 0 aliphatic heterocycles. The van der Waals surface area contributed by atoms with Crippen LogP contribution in [0.25, 0.3) is 0 Å². The molecule has 1 heteroatoms. The maximum absolute atomic E-state index is 3.54. The highest BCUT2D eigenvalue weighted by Gasteiger charge is 2.05. The van der Waals surface area contributed by atoms with Crippen molar-refractivity contribution < 1.29 is 0 Å². The van der Waals surface area contributed by atoms with Crippen molar-refractivity contribution in [1.82, 2.24) is 5.32 Å². The molecule has 1 atom stereocenters. The maximum atomic E-state index is 3.54. The molecule has 13 heavy (non-hydrogen) atoms. The van der Waals surface area contributed by atoms with E-state index in [1.165, 1.54) is 12.0 Å². The van der Waals surface area contributed by atoms with Crippen LogP contribution < -0.4 is 5.32 Å². The molecule has 1 rings (SSSR count). The Morgan fingerprint density at radius 2 is 1.85 bits per heavy atom. The smallest absolute Gasteiger partial charge is 0.0317 e. The zero-order chi connectivity index (χ0) is 9.52. The van der Waals surface area contributed by atoms with Crippen LogP contribution in [0.3, 0.4) is 0 Å². The fraction of sp³-hybridized carbons (Fsp3) is 0.500. The van der Waals surface area contributed by atoms with Crippen molar-refractivity contribution in [3.8, 4) is 0 Å². The molecule has 0 aliphatic carbocycles. The summed E-state index contributed by atoms with van der Waals surface area (Å²) in [7, 11) is 0. The minimum absolute atomic E-state index is 0.529. The van der Waals surface area contributed by atoms with Gasteiger partial charge in [-0.15, -0.1) is 0 Å². The van der Waals surface area contributed by atoms with Crippen LogP contribution in [0.5, 0.6) is 0 Å². The van der Waals surface area contributed by atoms with Gasteiger partial charge in [0.1, 0.15) is 0 Å². The third-order valence-corrected chi connectivity index (χ3v) is 2.25. The van der Waals surface area contributed by atoms with Gasteiger partial charge in [-0.1, -0.05) is 44.2 Å². The fourth-order valence-electron chi connectivity index (χ4n) is 1.50. The number of hydrogen-bond donors (Lipinski definition) is 1. The molecule has 0 aromatic heterocycles. The van der Waals surface area contributed by atoms with Crippen molar-refractivity contribution in [2.75, 3.05) is 6.54 Å². The average Bonchev–Trinajstić information content (AvgIpc) is 2.21. The Morgan fingerprint density at radius 3 is 2.38 bits per heavy atom. The van der Waals surface area contributed by atoms with Crippen LogP contribution in [0, 0.1) is 0 Å². The van der Waals surface area contributed by atoms with E-state index < -0.39 is 0 Å². The van der Waals surface area contributed by atoms with Crippen LogP contribution in [0.4, 0.5) is 0 Å². The first-order chi connectivity index (χ1) is 6.38. The van der Waals surface area contributed by atoms with E-state index in [2.05, 4.69) is 49.5 Å². The van der Waals surface area contributed by atoms with E-state index in [9.17, 15) is 0 Å². The van der Waals surface area contributed by atoms with Gasteiger partial charge in [-0.05, 0) is 24.9 Å². The summed E-state index contributed by atoms with van der Waals surface area (Å²) in [6, 6.07) is 11.2. The van der Waals surface area contributed by atoms with Gasteiger partial charge in [-0.25, -0.2) is 0 Å². The summed E-state index contributed by atoms with van der Waals surface area (Å²) in [5.41, 5.74) is 1.40. The Morgan fingerprint density at radius 1 is 1.15 bits per heavy atom. The standard InChI is InChI=1S/C12H19N/c1-3-10-13-12(4-2)11-8-6-5-7-9-11/h5-9,12-13H,3-4,10H2,1-2H3. The lowest BCUT2D eigenvalue weighted by Crippen LogP contribution is -2.21. The molecule has 0 bridgehead atoms. The Bertz CT molecular complexity index is 218. The Kier molecular flexibility index (Phi) is 4.55. The van der Waals surface area contributed by atoms with Crippen LogP contribution in [0.1, 0.15) is 38.3 Å². The maximum Gasteiger partial charge on any atom is 0.0317 e. The second-order valence-electron chi connectivity index (χ2n) is 3.33. The van der Waals surface area contributed by atoms with Crippen LogP contribution >= 0.6 is 0 Å². The van der Waals surface area contributed by atoms with Crippen molar-refractivity contribution in [2.24, 2.45) is 0 Å². The second kappa shape index (κ2) is 5.76. The highest BCUT2D eigenvalue weighted by molar-refractivity contribution is 5.18. The minimum Gasteiger partial charge on any atom is -0.310 e. The average molecular weight is 177 g/mol. The van der Waals surface area contributed by atoms with E-state index in [1.54, 1.807) is 0 Å². The number of rotatable bonds is 5. The van der Waals surface area contributed by atoms with Gasteiger partial charge in [0, 0.05) is 6.04 Å². The van der Waals surface area contributed by atoms with Crippen LogP contribution in [0.2, 0.25) is 0 Å². The molecule has 1 aromatic carbocycles. The van der Waals surface area contributed by atoms with Gasteiger partial charge < -0.3 is 5.32 Å². The molecule has 0 saturated carbocycles. The van der Waals surface area contributed by atoms with Crippen molar-refractivity contribution in [3.05, 3.63) is 35.9 Å². The predicted octanol–water partition coefficient (Wildman–Crippen LogP) is 3.14. The highest BCUT2D eigenvalue weighted by Crippen LogP contribution is 2.15. The summed E-state index contributed by atoms with van der Waals surface area (Å²) in [4.78, 5) is 0. The quantitative estimate of drug-likeness (QED) is 0.728. The largest absolute Gasteiger partial charge is 0.310 e. The molecule has 1 nitrogen and oxygen atoms in total. The lowest BCUT2D eigenvalue weighted by atomic mass is 10.0. The zero-order valence-corrected chi connectivity index (χ0v) is 8.59. The Hall–Kier alpha value is -0.820. The van der Waals surface area contributed by atoms with Crippen molar-refractivity contribution in [2.45, 2.75) is 32.7 Å². The normalized spacial score (nSPS) is 12.8. The van der Waals surface area contributed by atoms with E-state index in [0.717, 1.165) is 13.0 Å². The van der Waals surface area contributed by atoms with Crippen molar-refractivity contribution in [3.63, 3.8) is 0 Å².